The van der Waals surface area contributed by atoms with Crippen LogP contribution in [0.1, 0.15) is 6.92 Å². The average Bonchev–Trinajstić information content (AvgIpc) is 1.69. The van der Waals surface area contributed by atoms with Gasteiger partial charge in [-0.3, -0.25) is 0 Å². The minimum atomic E-state index is 0.833. The molecule has 0 heterocycles. The van der Waals surface area contributed by atoms with E-state index in [1.807, 2.05) is 6.92 Å². The molecule has 0 aliphatic heterocycles. The van der Waals surface area contributed by atoms with Crippen LogP contribution >= 0.6 is 0 Å². The standard InChI is InChI=1S/C5H8O2/c1-2-4-7-5-3-6/h2-6H,1H3/b4-2-,5-3-. The van der Waals surface area contributed by atoms with Gasteiger partial charge in [0.2, 0.25) is 0 Å². The van der Waals surface area contributed by atoms with E-state index in [1.54, 1.807) is 6.08 Å². The van der Waals surface area contributed by atoms with Crippen molar-refractivity contribution in [2.75, 3.05) is 0 Å². The molecule has 0 saturated carbocycles. The third-order valence-electron chi connectivity index (χ3n) is 0.354. The Morgan fingerprint density at radius 3 is 2.57 bits per heavy atom. The number of rotatable bonds is 2. The summed E-state index contributed by atoms with van der Waals surface area (Å²) in [5, 5.41) is 7.95. The maximum absolute atomic E-state index is 7.95. The van der Waals surface area contributed by atoms with Crippen molar-refractivity contribution in [3.05, 3.63) is 24.9 Å². The molecule has 7 heavy (non-hydrogen) atoms. The summed E-state index contributed by atoms with van der Waals surface area (Å²) >= 11 is 0. The van der Waals surface area contributed by atoms with Crippen LogP contribution in [0.25, 0.3) is 0 Å². The zero-order valence-electron chi connectivity index (χ0n) is 4.16. The van der Waals surface area contributed by atoms with Crippen LogP contribution in [0.4, 0.5) is 0 Å². The second-order valence-corrected chi connectivity index (χ2v) is 0.891. The Morgan fingerprint density at radius 1 is 1.43 bits per heavy atom. The Kier molecular flexibility index (Phi) is 4.41. The minimum Gasteiger partial charge on any atom is -0.512 e. The topological polar surface area (TPSA) is 29.5 Å². The van der Waals surface area contributed by atoms with Crippen LogP contribution in [-0.2, 0) is 4.74 Å². The molecule has 1 N–H and O–H groups in total. The maximum atomic E-state index is 7.95. The smallest absolute Gasteiger partial charge is 0.124 e. The molecule has 0 saturated heterocycles. The highest BCUT2D eigenvalue weighted by molar-refractivity contribution is 4.70. The van der Waals surface area contributed by atoms with E-state index in [0.717, 1.165) is 6.26 Å². The Balaban J connectivity index is 2.98. The monoisotopic (exact) mass is 100 g/mol. The van der Waals surface area contributed by atoms with E-state index in [9.17, 15) is 0 Å². The summed E-state index contributed by atoms with van der Waals surface area (Å²) in [6.45, 7) is 1.82. The van der Waals surface area contributed by atoms with E-state index < -0.39 is 0 Å². The van der Waals surface area contributed by atoms with Crippen molar-refractivity contribution in [1.82, 2.24) is 0 Å². The van der Waals surface area contributed by atoms with E-state index >= 15 is 0 Å². The fraction of sp³-hybridized carbons (Fsp3) is 0.200. The van der Waals surface area contributed by atoms with Crippen LogP contribution < -0.4 is 0 Å². The molecule has 2 nitrogen and oxygen atoms in total. The molecule has 0 aliphatic carbocycles. The van der Waals surface area contributed by atoms with Gasteiger partial charge in [-0.15, -0.1) is 0 Å². The first-order valence-corrected chi connectivity index (χ1v) is 1.97. The Morgan fingerprint density at radius 2 is 2.14 bits per heavy atom. The van der Waals surface area contributed by atoms with E-state index in [4.69, 9.17) is 5.11 Å². The van der Waals surface area contributed by atoms with Crippen molar-refractivity contribution in [3.8, 4) is 0 Å². The summed E-state index contributed by atoms with van der Waals surface area (Å²) in [7, 11) is 0. The first-order valence-electron chi connectivity index (χ1n) is 1.97. The minimum absolute atomic E-state index is 0.833. The maximum Gasteiger partial charge on any atom is 0.124 e. The van der Waals surface area contributed by atoms with Crippen LogP contribution in [0, 0.1) is 0 Å². The Hall–Kier alpha value is -0.920. The van der Waals surface area contributed by atoms with Crippen LogP contribution in [0.2, 0.25) is 0 Å². The molecule has 0 fully saturated rings. The molecule has 0 aromatic rings. The van der Waals surface area contributed by atoms with Crippen molar-refractivity contribution < 1.29 is 9.84 Å². The molecule has 2 heteroatoms. The molecule has 0 aliphatic rings. The van der Waals surface area contributed by atoms with Gasteiger partial charge in [0.1, 0.15) is 12.5 Å². The molecular weight excluding hydrogens is 92.1 g/mol. The van der Waals surface area contributed by atoms with E-state index in [2.05, 4.69) is 4.74 Å². The molecule has 0 rings (SSSR count). The lowest BCUT2D eigenvalue weighted by atomic mass is 10.7. The second kappa shape index (κ2) is 5.08. The zero-order valence-corrected chi connectivity index (χ0v) is 4.16. The zero-order chi connectivity index (χ0) is 5.54. The number of aliphatic hydroxyl groups excluding tert-OH is 1. The van der Waals surface area contributed by atoms with Gasteiger partial charge in [-0.2, -0.15) is 0 Å². The molecule has 40 valence electrons. The van der Waals surface area contributed by atoms with Gasteiger partial charge in [0.25, 0.3) is 0 Å². The third-order valence-corrected chi connectivity index (χ3v) is 0.354. The normalized spacial score (nSPS) is 11.0. The Bertz CT molecular complexity index is 64.1. The van der Waals surface area contributed by atoms with Crippen LogP contribution in [0.5, 0.6) is 0 Å². The number of ether oxygens (including phenoxy) is 1. The molecular formula is C5H8O2. The molecule has 0 spiro atoms. The highest BCUT2D eigenvalue weighted by atomic mass is 16.5. The number of hydrogen-bond acceptors (Lipinski definition) is 2. The predicted molar refractivity (Wildman–Crippen MR) is 27.7 cm³/mol. The SMILES string of the molecule is C/C=C\O/C=C\O. The number of aliphatic hydroxyl groups is 1. The van der Waals surface area contributed by atoms with Crippen LogP contribution in [0.15, 0.2) is 24.9 Å². The predicted octanol–water partition coefficient (Wildman–Crippen LogP) is 1.57. The molecule has 0 radical (unpaired) electrons. The lowest BCUT2D eigenvalue weighted by molar-refractivity contribution is 0.367. The third kappa shape index (κ3) is 5.08. The molecule has 0 aromatic carbocycles. The Labute approximate surface area is 42.7 Å². The van der Waals surface area contributed by atoms with Gasteiger partial charge >= 0.3 is 0 Å². The average molecular weight is 100 g/mol. The van der Waals surface area contributed by atoms with Gasteiger partial charge < -0.3 is 9.84 Å². The van der Waals surface area contributed by atoms with Crippen LogP contribution in [0.3, 0.4) is 0 Å². The van der Waals surface area contributed by atoms with Crippen molar-refractivity contribution >= 4 is 0 Å². The summed E-state index contributed by atoms with van der Waals surface area (Å²) in [6.07, 6.45) is 5.20. The van der Waals surface area contributed by atoms with E-state index in [-0.39, 0.29) is 0 Å². The molecule has 0 atom stereocenters. The second-order valence-electron chi connectivity index (χ2n) is 0.891. The summed E-state index contributed by atoms with van der Waals surface area (Å²) < 4.78 is 4.52. The highest BCUT2D eigenvalue weighted by Crippen LogP contribution is 1.75. The van der Waals surface area contributed by atoms with E-state index in [1.165, 1.54) is 12.5 Å². The van der Waals surface area contributed by atoms with Crippen molar-refractivity contribution in [3.63, 3.8) is 0 Å². The molecule has 0 amide bonds. The summed E-state index contributed by atoms with van der Waals surface area (Å²) in [6, 6.07) is 0. The number of allylic oxidation sites excluding steroid dienone is 1. The van der Waals surface area contributed by atoms with Crippen molar-refractivity contribution in [1.29, 1.82) is 0 Å². The first kappa shape index (κ1) is 6.08. The highest BCUT2D eigenvalue weighted by Gasteiger charge is 1.58. The fourth-order valence-electron chi connectivity index (χ4n) is 0.159. The van der Waals surface area contributed by atoms with Gasteiger partial charge in [-0.25, -0.2) is 0 Å². The van der Waals surface area contributed by atoms with Crippen molar-refractivity contribution in [2.24, 2.45) is 0 Å². The fourth-order valence-corrected chi connectivity index (χ4v) is 0.159. The molecule has 0 bridgehead atoms. The number of hydrogen-bond donors (Lipinski definition) is 1. The summed E-state index contributed by atoms with van der Waals surface area (Å²) in [4.78, 5) is 0. The quantitative estimate of drug-likeness (QED) is 0.533. The molecule has 0 aromatic heterocycles. The van der Waals surface area contributed by atoms with Crippen molar-refractivity contribution in [2.45, 2.75) is 6.92 Å². The van der Waals surface area contributed by atoms with Gasteiger partial charge in [0.05, 0.1) is 6.26 Å². The largest absolute Gasteiger partial charge is 0.512 e. The van der Waals surface area contributed by atoms with Gasteiger partial charge in [-0.05, 0) is 6.92 Å². The lowest BCUT2D eigenvalue weighted by Gasteiger charge is -1.81. The first-order chi connectivity index (χ1) is 3.41. The lowest BCUT2D eigenvalue weighted by Crippen LogP contribution is -1.61. The van der Waals surface area contributed by atoms with Gasteiger partial charge in [-0.1, -0.05) is 6.08 Å². The van der Waals surface area contributed by atoms with E-state index in [0.29, 0.717) is 0 Å². The summed E-state index contributed by atoms with van der Waals surface area (Å²) in [5.74, 6) is 0. The van der Waals surface area contributed by atoms with Crippen LogP contribution in [-0.4, -0.2) is 5.11 Å². The van der Waals surface area contributed by atoms with Gasteiger partial charge in [0, 0.05) is 0 Å². The summed E-state index contributed by atoms with van der Waals surface area (Å²) in [5.41, 5.74) is 0. The molecule has 0 unspecified atom stereocenters. The van der Waals surface area contributed by atoms with Gasteiger partial charge in [0.15, 0.2) is 0 Å².